The molecule has 8 heteroatoms. The molecule has 2 rings (SSSR count). The van der Waals surface area contributed by atoms with E-state index in [-0.39, 0.29) is 24.2 Å². The molecule has 0 fully saturated rings. The Kier molecular flexibility index (Phi) is 7.60. The number of carbonyl (C=O) groups is 2. The lowest BCUT2D eigenvalue weighted by Crippen LogP contribution is -2.43. The molecule has 0 saturated heterocycles. The maximum atomic E-state index is 13.2. The molecule has 1 amide bonds. The van der Waals surface area contributed by atoms with Crippen molar-refractivity contribution in [1.82, 2.24) is 5.32 Å². The highest BCUT2D eigenvalue weighted by atomic mass is 32.2. The summed E-state index contributed by atoms with van der Waals surface area (Å²) in [5, 5.41) is 2.49. The Balaban J connectivity index is 1.96. The summed E-state index contributed by atoms with van der Waals surface area (Å²) in [7, 11) is -0.146. The second-order valence-electron chi connectivity index (χ2n) is 5.72. The lowest BCUT2D eigenvalue weighted by atomic mass is 10.1. The average Bonchev–Trinajstić information content (AvgIpc) is 2.67. The van der Waals surface area contributed by atoms with E-state index in [0.717, 1.165) is 12.1 Å². The standard InChI is InChI=1S/C19H19F2NO4S/c1-26-19(24)17(9-10-27(25)14-5-3-2-4-6-14)22-18(23)12-13-7-8-15(20)16(21)11-13/h2-8,11,17H,9-10,12H2,1H3,(H,22,23)/t17-,27-/m0/s1. The van der Waals surface area contributed by atoms with Gasteiger partial charge in [0, 0.05) is 10.6 Å². The maximum absolute atomic E-state index is 13.2. The van der Waals surface area contributed by atoms with E-state index in [4.69, 9.17) is 0 Å². The number of ether oxygens (including phenoxy) is 1. The van der Waals surface area contributed by atoms with Gasteiger partial charge < -0.3 is 10.1 Å². The number of carbonyl (C=O) groups excluding carboxylic acids is 2. The van der Waals surface area contributed by atoms with Crippen LogP contribution in [0.5, 0.6) is 0 Å². The fraction of sp³-hybridized carbons (Fsp3) is 0.263. The van der Waals surface area contributed by atoms with Crippen LogP contribution >= 0.6 is 0 Å². The summed E-state index contributed by atoms with van der Waals surface area (Å²) >= 11 is 0. The topological polar surface area (TPSA) is 72.5 Å². The summed E-state index contributed by atoms with van der Waals surface area (Å²) in [4.78, 5) is 24.7. The van der Waals surface area contributed by atoms with Gasteiger partial charge in [-0.05, 0) is 36.2 Å². The van der Waals surface area contributed by atoms with Crippen molar-refractivity contribution in [3.05, 3.63) is 65.7 Å². The van der Waals surface area contributed by atoms with Gasteiger partial charge in [-0.25, -0.2) is 13.6 Å². The third-order valence-corrected chi connectivity index (χ3v) is 5.17. The lowest BCUT2D eigenvalue weighted by molar-refractivity contribution is -0.145. The molecule has 2 atom stereocenters. The zero-order valence-electron chi connectivity index (χ0n) is 14.6. The van der Waals surface area contributed by atoms with E-state index in [1.54, 1.807) is 30.3 Å². The minimum absolute atomic E-state index is 0.109. The molecular formula is C19H19F2NO4S. The number of amides is 1. The van der Waals surface area contributed by atoms with Gasteiger partial charge >= 0.3 is 5.97 Å². The molecular weight excluding hydrogens is 376 g/mol. The third kappa shape index (κ3) is 6.25. The minimum atomic E-state index is -1.33. The number of benzene rings is 2. The fourth-order valence-electron chi connectivity index (χ4n) is 2.39. The summed E-state index contributed by atoms with van der Waals surface area (Å²) in [5.41, 5.74) is 0.267. The number of esters is 1. The molecule has 0 heterocycles. The van der Waals surface area contributed by atoms with Gasteiger partial charge in [0.15, 0.2) is 11.6 Å². The zero-order chi connectivity index (χ0) is 19.8. The number of halogens is 2. The highest BCUT2D eigenvalue weighted by molar-refractivity contribution is 7.85. The van der Waals surface area contributed by atoms with Crippen LogP contribution in [-0.2, 0) is 31.5 Å². The van der Waals surface area contributed by atoms with Crippen LogP contribution in [0.4, 0.5) is 8.78 Å². The van der Waals surface area contributed by atoms with Gasteiger partial charge in [-0.15, -0.1) is 0 Å². The number of hydrogen-bond acceptors (Lipinski definition) is 4. The molecule has 27 heavy (non-hydrogen) atoms. The monoisotopic (exact) mass is 395 g/mol. The van der Waals surface area contributed by atoms with Crippen LogP contribution in [0.15, 0.2) is 53.4 Å². The van der Waals surface area contributed by atoms with Crippen molar-refractivity contribution in [2.75, 3.05) is 12.9 Å². The molecule has 144 valence electrons. The summed E-state index contributed by atoms with van der Waals surface area (Å²) < 4.78 is 43.1. The SMILES string of the molecule is COC(=O)[C@H](CC[S@](=O)c1ccccc1)NC(=O)Cc1ccc(F)c(F)c1. The van der Waals surface area contributed by atoms with Crippen LogP contribution in [0.25, 0.3) is 0 Å². The van der Waals surface area contributed by atoms with Crippen molar-refractivity contribution in [3.63, 3.8) is 0 Å². The Morgan fingerprint density at radius 3 is 2.44 bits per heavy atom. The normalized spacial score (nSPS) is 12.9. The molecule has 0 aliphatic rings. The second-order valence-corrected chi connectivity index (χ2v) is 7.29. The fourth-order valence-corrected chi connectivity index (χ4v) is 3.53. The minimum Gasteiger partial charge on any atom is -0.467 e. The quantitative estimate of drug-likeness (QED) is 0.697. The smallest absolute Gasteiger partial charge is 0.328 e. The van der Waals surface area contributed by atoms with Crippen molar-refractivity contribution >= 4 is 22.7 Å². The van der Waals surface area contributed by atoms with Gasteiger partial charge in [-0.3, -0.25) is 9.00 Å². The van der Waals surface area contributed by atoms with Gasteiger partial charge in [-0.2, -0.15) is 0 Å². The maximum Gasteiger partial charge on any atom is 0.328 e. The third-order valence-electron chi connectivity index (χ3n) is 3.77. The Labute approximate surface area is 158 Å². The van der Waals surface area contributed by atoms with Gasteiger partial charge in [0.25, 0.3) is 0 Å². The predicted molar refractivity (Wildman–Crippen MR) is 96.3 cm³/mol. The van der Waals surface area contributed by atoms with Crippen molar-refractivity contribution in [1.29, 1.82) is 0 Å². The highest BCUT2D eigenvalue weighted by Gasteiger charge is 2.22. The van der Waals surface area contributed by atoms with E-state index in [1.807, 2.05) is 0 Å². The zero-order valence-corrected chi connectivity index (χ0v) is 15.4. The molecule has 0 aromatic heterocycles. The summed E-state index contributed by atoms with van der Waals surface area (Å²) in [5.74, 6) is -3.13. The average molecular weight is 395 g/mol. The van der Waals surface area contributed by atoms with E-state index >= 15 is 0 Å². The molecule has 5 nitrogen and oxygen atoms in total. The van der Waals surface area contributed by atoms with Crippen LogP contribution < -0.4 is 5.32 Å². The van der Waals surface area contributed by atoms with E-state index in [0.29, 0.717) is 4.90 Å². The van der Waals surface area contributed by atoms with Gasteiger partial charge in [0.2, 0.25) is 5.91 Å². The number of methoxy groups -OCH3 is 1. The largest absolute Gasteiger partial charge is 0.467 e. The first-order valence-corrected chi connectivity index (χ1v) is 9.47. The molecule has 1 N–H and O–H groups in total. The summed E-state index contributed by atoms with van der Waals surface area (Å²) in [6, 6.07) is 10.9. The molecule has 0 saturated carbocycles. The van der Waals surface area contributed by atoms with Crippen LogP contribution in [0.1, 0.15) is 12.0 Å². The molecule has 0 bridgehead atoms. The van der Waals surface area contributed by atoms with E-state index < -0.39 is 40.4 Å². The Morgan fingerprint density at radius 2 is 1.81 bits per heavy atom. The van der Waals surface area contributed by atoms with E-state index in [9.17, 15) is 22.6 Å². The van der Waals surface area contributed by atoms with Gasteiger partial charge in [-0.1, -0.05) is 24.3 Å². The van der Waals surface area contributed by atoms with Crippen molar-refractivity contribution in [2.45, 2.75) is 23.8 Å². The molecule has 0 aliphatic heterocycles. The molecule has 0 unspecified atom stereocenters. The van der Waals surface area contributed by atoms with Crippen LogP contribution in [0, 0.1) is 11.6 Å². The first kappa shape index (κ1) is 20.7. The lowest BCUT2D eigenvalue weighted by Gasteiger charge is -2.16. The highest BCUT2D eigenvalue weighted by Crippen LogP contribution is 2.11. The van der Waals surface area contributed by atoms with E-state index in [1.165, 1.54) is 13.2 Å². The Hall–Kier alpha value is -2.61. The molecule has 2 aromatic rings. The molecule has 0 aliphatic carbocycles. The molecule has 0 spiro atoms. The van der Waals surface area contributed by atoms with Crippen LogP contribution in [-0.4, -0.2) is 35.0 Å². The Bertz CT molecular complexity index is 830. The molecule has 2 aromatic carbocycles. The first-order valence-electron chi connectivity index (χ1n) is 8.15. The van der Waals surface area contributed by atoms with Crippen LogP contribution in [0.3, 0.4) is 0 Å². The Morgan fingerprint density at radius 1 is 1.11 bits per heavy atom. The van der Waals surface area contributed by atoms with Crippen molar-refractivity contribution < 1.29 is 27.3 Å². The van der Waals surface area contributed by atoms with E-state index in [2.05, 4.69) is 10.1 Å². The number of hydrogen-bond donors (Lipinski definition) is 1. The summed E-state index contributed by atoms with van der Waals surface area (Å²) in [6.45, 7) is 0. The second kappa shape index (κ2) is 9.91. The van der Waals surface area contributed by atoms with Crippen LogP contribution in [0.2, 0.25) is 0 Å². The number of rotatable bonds is 8. The van der Waals surface area contributed by atoms with Gasteiger partial charge in [0.05, 0.1) is 24.3 Å². The number of nitrogens with one attached hydrogen (secondary N) is 1. The van der Waals surface area contributed by atoms with Gasteiger partial charge in [0.1, 0.15) is 6.04 Å². The molecule has 0 radical (unpaired) electrons. The first-order chi connectivity index (χ1) is 12.9. The summed E-state index contributed by atoms with van der Waals surface area (Å²) in [6.07, 6.45) is -0.121. The predicted octanol–water partition coefficient (Wildman–Crippen LogP) is 2.36. The van der Waals surface area contributed by atoms with Crippen molar-refractivity contribution in [3.8, 4) is 0 Å². The van der Waals surface area contributed by atoms with Crippen molar-refractivity contribution in [2.24, 2.45) is 0 Å².